The minimum absolute atomic E-state index is 0.239. The normalized spacial score (nSPS) is 12.2. The van der Waals surface area contributed by atoms with Gasteiger partial charge in [0.1, 0.15) is 24.7 Å². The third-order valence-electron chi connectivity index (χ3n) is 4.23. The molecule has 2 aromatic rings. The van der Waals surface area contributed by atoms with Crippen LogP contribution in [-0.2, 0) is 13.0 Å². The lowest BCUT2D eigenvalue weighted by Crippen LogP contribution is -2.36. The van der Waals surface area contributed by atoms with Crippen LogP contribution in [0.25, 0.3) is 0 Å². The zero-order valence-electron chi connectivity index (χ0n) is 15.5. The monoisotopic (exact) mass is 372 g/mol. The molecule has 1 aliphatic rings. The van der Waals surface area contributed by atoms with Crippen molar-refractivity contribution in [2.24, 2.45) is 0 Å². The Balaban J connectivity index is 1.46. The Labute approximate surface area is 158 Å². The van der Waals surface area contributed by atoms with Gasteiger partial charge in [-0.05, 0) is 42.3 Å². The van der Waals surface area contributed by atoms with Gasteiger partial charge in [0.05, 0.1) is 14.2 Å². The van der Waals surface area contributed by atoms with Crippen molar-refractivity contribution in [2.75, 3.05) is 34.0 Å². The number of hydrogen-bond acceptors (Lipinski definition) is 5. The number of urea groups is 1. The Kier molecular flexibility index (Phi) is 6.25. The molecule has 0 fully saturated rings. The van der Waals surface area contributed by atoms with Crippen molar-refractivity contribution in [1.82, 2.24) is 10.6 Å². The maximum atomic E-state index is 12.1. The molecule has 1 heterocycles. The van der Waals surface area contributed by atoms with E-state index in [1.165, 1.54) is 0 Å². The van der Waals surface area contributed by atoms with Crippen molar-refractivity contribution in [3.05, 3.63) is 47.5 Å². The number of carbonyl (C=O) groups excluding carboxylic acids is 1. The number of methoxy groups -OCH3 is 2. The zero-order chi connectivity index (χ0) is 19.1. The van der Waals surface area contributed by atoms with Gasteiger partial charge in [0, 0.05) is 18.7 Å². The minimum Gasteiger partial charge on any atom is -0.497 e. The van der Waals surface area contributed by atoms with E-state index in [1.807, 2.05) is 36.4 Å². The number of ether oxygens (including phenoxy) is 4. The Morgan fingerprint density at radius 2 is 1.81 bits per heavy atom. The number of benzene rings is 2. The van der Waals surface area contributed by atoms with Crippen LogP contribution in [0.4, 0.5) is 4.79 Å². The molecule has 0 saturated carbocycles. The molecule has 0 radical (unpaired) electrons. The molecule has 3 rings (SSSR count). The number of nitrogens with one attached hydrogen (secondary N) is 2. The van der Waals surface area contributed by atoms with E-state index in [9.17, 15) is 4.79 Å². The predicted molar refractivity (Wildman–Crippen MR) is 101 cm³/mol. The van der Waals surface area contributed by atoms with E-state index in [1.54, 1.807) is 14.2 Å². The molecular formula is C20H24N2O5. The Morgan fingerprint density at radius 3 is 2.59 bits per heavy atom. The number of carbonyl (C=O) groups is 1. The van der Waals surface area contributed by atoms with E-state index < -0.39 is 0 Å². The maximum Gasteiger partial charge on any atom is 0.315 e. The molecule has 1 aliphatic heterocycles. The van der Waals surface area contributed by atoms with Gasteiger partial charge in [0.25, 0.3) is 0 Å². The van der Waals surface area contributed by atoms with Crippen LogP contribution in [0.3, 0.4) is 0 Å². The predicted octanol–water partition coefficient (Wildman–Crippen LogP) is 2.52. The van der Waals surface area contributed by atoms with Crippen LogP contribution in [-0.4, -0.2) is 40.0 Å². The fourth-order valence-electron chi connectivity index (χ4n) is 2.82. The average molecular weight is 372 g/mol. The molecule has 0 aliphatic carbocycles. The molecule has 7 nitrogen and oxygen atoms in total. The summed E-state index contributed by atoms with van der Waals surface area (Å²) in [7, 11) is 3.20. The quantitative estimate of drug-likeness (QED) is 0.781. The third kappa shape index (κ3) is 4.97. The lowest BCUT2D eigenvalue weighted by atomic mass is 10.1. The fraction of sp³-hybridized carbons (Fsp3) is 0.350. The summed E-state index contributed by atoms with van der Waals surface area (Å²) >= 11 is 0. The summed E-state index contributed by atoms with van der Waals surface area (Å²) in [4.78, 5) is 12.1. The first-order valence-electron chi connectivity index (χ1n) is 8.80. The number of hydrogen-bond donors (Lipinski definition) is 2. The molecule has 0 bridgehead atoms. The van der Waals surface area contributed by atoms with E-state index in [-0.39, 0.29) is 6.03 Å². The van der Waals surface area contributed by atoms with E-state index in [4.69, 9.17) is 18.9 Å². The molecule has 144 valence electrons. The average Bonchev–Trinajstić information content (AvgIpc) is 2.72. The molecule has 27 heavy (non-hydrogen) atoms. The first-order valence-corrected chi connectivity index (χ1v) is 8.80. The summed E-state index contributed by atoms with van der Waals surface area (Å²) in [5.74, 6) is 2.94. The Bertz CT molecular complexity index is 794. The van der Waals surface area contributed by atoms with Crippen molar-refractivity contribution in [2.45, 2.75) is 13.0 Å². The molecule has 0 saturated heterocycles. The van der Waals surface area contributed by atoms with Crippen molar-refractivity contribution >= 4 is 6.03 Å². The van der Waals surface area contributed by atoms with Crippen molar-refractivity contribution in [3.8, 4) is 23.0 Å². The summed E-state index contributed by atoms with van der Waals surface area (Å²) in [6, 6.07) is 11.1. The van der Waals surface area contributed by atoms with Gasteiger partial charge in [0.2, 0.25) is 0 Å². The summed E-state index contributed by atoms with van der Waals surface area (Å²) < 4.78 is 21.6. The minimum atomic E-state index is -0.239. The second-order valence-corrected chi connectivity index (χ2v) is 6.02. The highest BCUT2D eigenvalue weighted by atomic mass is 16.6. The molecule has 0 spiro atoms. The van der Waals surface area contributed by atoms with Gasteiger partial charge in [0.15, 0.2) is 11.5 Å². The third-order valence-corrected chi connectivity index (χ3v) is 4.23. The highest BCUT2D eigenvalue weighted by molar-refractivity contribution is 5.74. The van der Waals surface area contributed by atoms with Crippen LogP contribution in [0.5, 0.6) is 23.0 Å². The number of rotatable bonds is 7. The van der Waals surface area contributed by atoms with Gasteiger partial charge in [-0.2, -0.15) is 0 Å². The number of amides is 2. The summed E-state index contributed by atoms with van der Waals surface area (Å²) in [5, 5.41) is 5.68. The number of fused-ring (bicyclic) bond motifs is 1. The van der Waals surface area contributed by atoms with Crippen LogP contribution < -0.4 is 29.6 Å². The SMILES string of the molecule is COc1ccc(OC)c(CNC(=O)NCCc2ccc3c(c2)OCCO3)c1. The van der Waals surface area contributed by atoms with Crippen LogP contribution in [0, 0.1) is 0 Å². The molecule has 0 aromatic heterocycles. The van der Waals surface area contributed by atoms with Gasteiger partial charge < -0.3 is 29.6 Å². The van der Waals surface area contributed by atoms with E-state index in [0.717, 1.165) is 22.6 Å². The topological polar surface area (TPSA) is 78.1 Å². The molecule has 0 atom stereocenters. The lowest BCUT2D eigenvalue weighted by molar-refractivity contribution is 0.171. The lowest BCUT2D eigenvalue weighted by Gasteiger charge is -2.19. The van der Waals surface area contributed by atoms with Gasteiger partial charge in [-0.1, -0.05) is 6.07 Å². The summed E-state index contributed by atoms with van der Waals surface area (Å²) in [5.41, 5.74) is 1.92. The van der Waals surface area contributed by atoms with E-state index in [2.05, 4.69) is 10.6 Å². The molecule has 2 N–H and O–H groups in total. The smallest absolute Gasteiger partial charge is 0.315 e. The standard InChI is InChI=1S/C20H24N2O5/c1-24-16-4-6-17(25-2)15(12-16)13-22-20(23)21-8-7-14-3-5-18-19(11-14)27-10-9-26-18/h3-6,11-12H,7-10,13H2,1-2H3,(H2,21,22,23). The summed E-state index contributed by atoms with van der Waals surface area (Å²) in [6.45, 7) is 1.99. The first kappa shape index (κ1) is 18.7. The van der Waals surface area contributed by atoms with Gasteiger partial charge in [-0.25, -0.2) is 4.79 Å². The second-order valence-electron chi connectivity index (χ2n) is 6.02. The first-order chi connectivity index (χ1) is 13.2. The van der Waals surface area contributed by atoms with Crippen LogP contribution in [0.1, 0.15) is 11.1 Å². The molecule has 2 aromatic carbocycles. The van der Waals surface area contributed by atoms with E-state index in [0.29, 0.717) is 44.2 Å². The van der Waals surface area contributed by atoms with E-state index >= 15 is 0 Å². The molecule has 7 heteroatoms. The largest absolute Gasteiger partial charge is 0.497 e. The van der Waals surface area contributed by atoms with Crippen molar-refractivity contribution < 1.29 is 23.7 Å². The Morgan fingerprint density at radius 1 is 1.00 bits per heavy atom. The molecular weight excluding hydrogens is 348 g/mol. The van der Waals surface area contributed by atoms with Crippen LogP contribution in [0.15, 0.2) is 36.4 Å². The summed E-state index contributed by atoms with van der Waals surface area (Å²) in [6.07, 6.45) is 0.701. The molecule has 0 unspecified atom stereocenters. The van der Waals surface area contributed by atoms with Gasteiger partial charge in [-0.3, -0.25) is 0 Å². The van der Waals surface area contributed by atoms with Crippen molar-refractivity contribution in [1.29, 1.82) is 0 Å². The molecule has 2 amide bonds. The zero-order valence-corrected chi connectivity index (χ0v) is 15.5. The van der Waals surface area contributed by atoms with Crippen molar-refractivity contribution in [3.63, 3.8) is 0 Å². The maximum absolute atomic E-state index is 12.1. The second kappa shape index (κ2) is 9.02. The van der Waals surface area contributed by atoms with Gasteiger partial charge >= 0.3 is 6.03 Å². The fourth-order valence-corrected chi connectivity index (χ4v) is 2.82. The van der Waals surface area contributed by atoms with Crippen LogP contribution in [0.2, 0.25) is 0 Å². The highest BCUT2D eigenvalue weighted by Gasteiger charge is 2.12. The van der Waals surface area contributed by atoms with Crippen LogP contribution >= 0.6 is 0 Å². The Hall–Kier alpha value is -3.09. The van der Waals surface area contributed by atoms with Gasteiger partial charge in [-0.15, -0.1) is 0 Å². The highest BCUT2D eigenvalue weighted by Crippen LogP contribution is 2.30.